The van der Waals surface area contributed by atoms with Gasteiger partial charge in [0.15, 0.2) is 0 Å². The topological polar surface area (TPSA) is 93.4 Å². The summed E-state index contributed by atoms with van der Waals surface area (Å²) in [7, 11) is 0. The third kappa shape index (κ3) is 5.95. The molecule has 8 heteroatoms. The van der Waals surface area contributed by atoms with Gasteiger partial charge < -0.3 is 28.1 Å². The zero-order valence-corrected chi connectivity index (χ0v) is 13.8. The summed E-state index contributed by atoms with van der Waals surface area (Å²) >= 11 is 0. The van der Waals surface area contributed by atoms with Gasteiger partial charge in [0.25, 0.3) is 0 Å². The van der Waals surface area contributed by atoms with Gasteiger partial charge >= 0.3 is 11.9 Å². The predicted molar refractivity (Wildman–Crippen MR) is 80.9 cm³/mol. The van der Waals surface area contributed by atoms with E-state index in [0.717, 1.165) is 0 Å². The number of carbonyl (C=O) groups is 2. The van der Waals surface area contributed by atoms with E-state index < -0.39 is 24.1 Å². The molecule has 8 nitrogen and oxygen atoms in total. The first kappa shape index (κ1) is 18.4. The Kier molecular flexibility index (Phi) is 7.23. The van der Waals surface area contributed by atoms with Crippen LogP contribution in [0.15, 0.2) is 16.5 Å². The minimum Gasteiger partial charge on any atom is -0.454 e. The molecule has 0 aliphatic carbocycles. The molecule has 0 saturated carbocycles. The van der Waals surface area contributed by atoms with Crippen molar-refractivity contribution in [1.82, 2.24) is 0 Å². The molecule has 0 unspecified atom stereocenters. The third-order valence-electron chi connectivity index (χ3n) is 3.07. The maximum atomic E-state index is 11.9. The number of esters is 2. The molecule has 0 saturated heterocycles. The van der Waals surface area contributed by atoms with Crippen LogP contribution in [0.3, 0.4) is 0 Å². The summed E-state index contributed by atoms with van der Waals surface area (Å²) in [5, 5.41) is 0. The molecule has 1 aliphatic heterocycles. The fourth-order valence-electron chi connectivity index (χ4n) is 1.94. The van der Waals surface area contributed by atoms with Crippen LogP contribution in [0.4, 0.5) is 0 Å². The van der Waals surface area contributed by atoms with E-state index in [-0.39, 0.29) is 24.7 Å². The van der Waals surface area contributed by atoms with Gasteiger partial charge in [0.1, 0.15) is 12.2 Å². The molecule has 0 aromatic carbocycles. The SMILES string of the molecule is C[C@H]1COCCOCCOC[C@H](C)OC(=O)c2ccc(o2)C(=O)O1. The minimum absolute atomic E-state index is 0.0675. The smallest absolute Gasteiger partial charge is 0.374 e. The number of fused-ring (bicyclic) bond motifs is 2. The lowest BCUT2D eigenvalue weighted by atomic mass is 10.4. The molecule has 2 bridgehead atoms. The average Bonchev–Trinajstić information content (AvgIpc) is 3.02. The van der Waals surface area contributed by atoms with Crippen LogP contribution in [0.1, 0.15) is 35.0 Å². The van der Waals surface area contributed by atoms with Crippen molar-refractivity contribution in [3.8, 4) is 0 Å². The summed E-state index contributed by atoms with van der Waals surface area (Å²) in [4.78, 5) is 23.9. The molecule has 2 atom stereocenters. The van der Waals surface area contributed by atoms with E-state index >= 15 is 0 Å². The average molecular weight is 342 g/mol. The molecule has 1 aromatic rings. The van der Waals surface area contributed by atoms with Gasteiger partial charge in [-0.15, -0.1) is 0 Å². The molecule has 0 N–H and O–H groups in total. The Balaban J connectivity index is 2.00. The van der Waals surface area contributed by atoms with Crippen molar-refractivity contribution in [2.45, 2.75) is 26.1 Å². The molecular weight excluding hydrogens is 320 g/mol. The molecule has 24 heavy (non-hydrogen) atoms. The molecule has 1 aliphatic rings. The third-order valence-corrected chi connectivity index (χ3v) is 3.07. The Labute approximate surface area is 139 Å². The van der Waals surface area contributed by atoms with Crippen LogP contribution in [0, 0.1) is 0 Å². The molecule has 0 spiro atoms. The molecule has 0 amide bonds. The van der Waals surface area contributed by atoms with E-state index in [2.05, 4.69) is 0 Å². The lowest BCUT2D eigenvalue weighted by molar-refractivity contribution is -0.0317. The second kappa shape index (κ2) is 9.41. The first-order valence-corrected chi connectivity index (χ1v) is 7.81. The lowest BCUT2D eigenvalue weighted by Gasteiger charge is -2.14. The minimum atomic E-state index is -0.668. The highest BCUT2D eigenvalue weighted by molar-refractivity contribution is 5.91. The standard InChI is InChI=1S/C16H22O8/c1-11-9-20-7-5-19-6-8-21-10-12(2)23-16(18)14-4-3-13(24-14)15(17)22-11/h3-4,11-12H,5-10H2,1-2H3/t11-,12-/m0/s1. The van der Waals surface area contributed by atoms with Crippen molar-refractivity contribution >= 4 is 11.9 Å². The van der Waals surface area contributed by atoms with Crippen LogP contribution in [0.2, 0.25) is 0 Å². The summed E-state index contributed by atoms with van der Waals surface area (Å²) in [6.45, 7) is 5.47. The number of cyclic esters (lactones) is 2. The highest BCUT2D eigenvalue weighted by atomic mass is 16.6. The van der Waals surface area contributed by atoms with Gasteiger partial charge in [0.2, 0.25) is 11.5 Å². The normalized spacial score (nSPS) is 25.2. The van der Waals surface area contributed by atoms with Crippen LogP contribution in [-0.2, 0) is 23.7 Å². The molecule has 0 radical (unpaired) electrons. The van der Waals surface area contributed by atoms with Gasteiger partial charge in [0.05, 0.1) is 39.6 Å². The fourth-order valence-corrected chi connectivity index (χ4v) is 1.94. The molecule has 2 heterocycles. The maximum absolute atomic E-state index is 11.9. The van der Waals surface area contributed by atoms with Crippen LogP contribution < -0.4 is 0 Å². The second-order valence-electron chi connectivity index (χ2n) is 5.36. The number of carbonyl (C=O) groups excluding carboxylic acids is 2. The van der Waals surface area contributed by atoms with E-state index in [4.69, 9.17) is 28.1 Å². The monoisotopic (exact) mass is 342 g/mol. The van der Waals surface area contributed by atoms with E-state index in [9.17, 15) is 9.59 Å². The molecule has 134 valence electrons. The maximum Gasteiger partial charge on any atom is 0.374 e. The first-order valence-electron chi connectivity index (χ1n) is 7.81. The fraction of sp³-hybridized carbons (Fsp3) is 0.625. The van der Waals surface area contributed by atoms with Gasteiger partial charge in [-0.1, -0.05) is 0 Å². The Morgan fingerprint density at radius 1 is 0.750 bits per heavy atom. The van der Waals surface area contributed by atoms with Gasteiger partial charge in [-0.25, -0.2) is 9.59 Å². The van der Waals surface area contributed by atoms with Gasteiger partial charge in [-0.3, -0.25) is 0 Å². The van der Waals surface area contributed by atoms with E-state index in [1.807, 2.05) is 0 Å². The molecule has 2 rings (SSSR count). The molecule has 1 aromatic heterocycles. The van der Waals surface area contributed by atoms with E-state index in [1.165, 1.54) is 12.1 Å². The number of furan rings is 1. The highest BCUT2D eigenvalue weighted by Crippen LogP contribution is 2.13. The summed E-state index contributed by atoms with van der Waals surface area (Å²) in [6, 6.07) is 2.74. The van der Waals surface area contributed by atoms with Gasteiger partial charge in [-0.05, 0) is 26.0 Å². The number of rotatable bonds is 0. The van der Waals surface area contributed by atoms with Crippen LogP contribution in [0.25, 0.3) is 0 Å². The van der Waals surface area contributed by atoms with E-state index in [1.54, 1.807) is 13.8 Å². The first-order chi connectivity index (χ1) is 11.6. The zero-order chi connectivity index (χ0) is 17.4. The highest BCUT2D eigenvalue weighted by Gasteiger charge is 2.21. The van der Waals surface area contributed by atoms with Crippen molar-refractivity contribution in [2.24, 2.45) is 0 Å². The summed E-state index contributed by atoms with van der Waals surface area (Å²) in [5.74, 6) is -1.47. The second-order valence-corrected chi connectivity index (χ2v) is 5.36. The van der Waals surface area contributed by atoms with Crippen molar-refractivity contribution in [2.75, 3.05) is 39.6 Å². The van der Waals surface area contributed by atoms with Gasteiger partial charge in [0, 0.05) is 0 Å². The number of hydrogen-bond donors (Lipinski definition) is 0. The van der Waals surface area contributed by atoms with Crippen molar-refractivity contribution in [3.05, 3.63) is 23.7 Å². The lowest BCUT2D eigenvalue weighted by Crippen LogP contribution is -2.23. The largest absolute Gasteiger partial charge is 0.454 e. The Morgan fingerprint density at radius 2 is 1.17 bits per heavy atom. The Hall–Kier alpha value is -1.90. The van der Waals surface area contributed by atoms with Crippen LogP contribution in [-0.4, -0.2) is 63.8 Å². The van der Waals surface area contributed by atoms with Crippen molar-refractivity contribution in [3.63, 3.8) is 0 Å². The van der Waals surface area contributed by atoms with Crippen LogP contribution in [0.5, 0.6) is 0 Å². The predicted octanol–water partition coefficient (Wildman–Crippen LogP) is 1.43. The number of ether oxygens (including phenoxy) is 5. The zero-order valence-electron chi connectivity index (χ0n) is 13.8. The Morgan fingerprint density at radius 3 is 1.62 bits per heavy atom. The molecule has 0 fully saturated rings. The Bertz CT molecular complexity index is 493. The van der Waals surface area contributed by atoms with Crippen LogP contribution >= 0.6 is 0 Å². The van der Waals surface area contributed by atoms with E-state index in [0.29, 0.717) is 26.4 Å². The summed E-state index contributed by atoms with van der Waals surface area (Å²) in [5.41, 5.74) is 0. The van der Waals surface area contributed by atoms with Gasteiger partial charge in [-0.2, -0.15) is 0 Å². The van der Waals surface area contributed by atoms with Crippen molar-refractivity contribution in [1.29, 1.82) is 0 Å². The quantitative estimate of drug-likeness (QED) is 0.654. The summed E-state index contributed by atoms with van der Waals surface area (Å²) in [6.07, 6.45) is -0.916. The van der Waals surface area contributed by atoms with Crippen molar-refractivity contribution < 1.29 is 37.7 Å². The molecular formula is C16H22O8. The summed E-state index contributed by atoms with van der Waals surface area (Å²) < 4.78 is 31.6. The number of hydrogen-bond acceptors (Lipinski definition) is 8.